The molecule has 1 saturated heterocycles. The summed E-state index contributed by atoms with van der Waals surface area (Å²) >= 11 is 5.89. The number of aromatic nitrogens is 2. The Balaban J connectivity index is 1.43. The van der Waals surface area contributed by atoms with E-state index in [1.54, 1.807) is 18.3 Å². The van der Waals surface area contributed by atoms with E-state index in [2.05, 4.69) is 9.97 Å². The summed E-state index contributed by atoms with van der Waals surface area (Å²) in [6.45, 7) is 1.27. The summed E-state index contributed by atoms with van der Waals surface area (Å²) in [6, 6.07) is 7.31. The van der Waals surface area contributed by atoms with Crippen LogP contribution < -0.4 is 4.74 Å². The van der Waals surface area contributed by atoms with Gasteiger partial charge in [-0.25, -0.2) is 9.97 Å². The maximum atomic E-state index is 12.8. The van der Waals surface area contributed by atoms with Gasteiger partial charge in [-0.15, -0.1) is 0 Å². The summed E-state index contributed by atoms with van der Waals surface area (Å²) in [6.07, 6.45) is 6.22. The van der Waals surface area contributed by atoms with Crippen molar-refractivity contribution in [1.82, 2.24) is 14.9 Å². The van der Waals surface area contributed by atoms with E-state index in [-0.39, 0.29) is 12.0 Å². The van der Waals surface area contributed by atoms with E-state index in [0.717, 1.165) is 30.7 Å². The van der Waals surface area contributed by atoms with Gasteiger partial charge in [-0.3, -0.25) is 4.79 Å². The number of carbonyl (C=O) groups is 1. The molecule has 1 aromatic heterocycles. The second kappa shape index (κ2) is 6.40. The SMILES string of the molecule is O=C(c1cncnc1C1CC1)N1CC[C@@H](Oc2ccc(Cl)cc2)C1. The smallest absolute Gasteiger partial charge is 0.257 e. The normalized spacial score (nSPS) is 20.2. The molecule has 5 nitrogen and oxygen atoms in total. The molecule has 4 rings (SSSR count). The summed E-state index contributed by atoms with van der Waals surface area (Å²) in [4.78, 5) is 23.0. The first-order valence-corrected chi connectivity index (χ1v) is 8.60. The van der Waals surface area contributed by atoms with Crippen LogP contribution in [0.15, 0.2) is 36.8 Å². The van der Waals surface area contributed by atoms with Crippen molar-refractivity contribution in [3.05, 3.63) is 53.1 Å². The number of ether oxygens (including phenoxy) is 1. The fourth-order valence-corrected chi connectivity index (χ4v) is 3.20. The van der Waals surface area contributed by atoms with Crippen LogP contribution in [0, 0.1) is 0 Å². The second-order valence-electron chi connectivity index (χ2n) is 6.33. The largest absolute Gasteiger partial charge is 0.489 e. The van der Waals surface area contributed by atoms with Crippen molar-refractivity contribution in [3.8, 4) is 5.75 Å². The molecule has 1 aromatic carbocycles. The van der Waals surface area contributed by atoms with Gasteiger partial charge in [-0.05, 0) is 37.1 Å². The highest BCUT2D eigenvalue weighted by Crippen LogP contribution is 2.40. The molecule has 2 aliphatic rings. The number of hydrogen-bond donors (Lipinski definition) is 0. The average molecular weight is 344 g/mol. The summed E-state index contributed by atoms with van der Waals surface area (Å²) in [5.74, 6) is 1.22. The van der Waals surface area contributed by atoms with E-state index >= 15 is 0 Å². The van der Waals surface area contributed by atoms with Crippen LogP contribution in [0.3, 0.4) is 0 Å². The first-order valence-electron chi connectivity index (χ1n) is 8.22. The molecule has 2 heterocycles. The van der Waals surface area contributed by atoms with E-state index in [0.29, 0.717) is 29.6 Å². The Hall–Kier alpha value is -2.14. The highest BCUT2D eigenvalue weighted by molar-refractivity contribution is 6.30. The van der Waals surface area contributed by atoms with Crippen LogP contribution >= 0.6 is 11.6 Å². The molecule has 0 unspecified atom stereocenters. The fraction of sp³-hybridized carbons (Fsp3) is 0.389. The molecular formula is C18H18ClN3O2. The third-order valence-electron chi connectivity index (χ3n) is 4.49. The van der Waals surface area contributed by atoms with Crippen LogP contribution in [0.5, 0.6) is 5.75 Å². The number of rotatable bonds is 4. The second-order valence-corrected chi connectivity index (χ2v) is 6.77. The molecule has 6 heteroatoms. The number of amides is 1. The minimum atomic E-state index is 0.00383. The summed E-state index contributed by atoms with van der Waals surface area (Å²) in [5, 5.41) is 0.683. The van der Waals surface area contributed by atoms with E-state index < -0.39 is 0 Å². The van der Waals surface area contributed by atoms with Crippen molar-refractivity contribution in [2.24, 2.45) is 0 Å². The number of benzene rings is 1. The lowest BCUT2D eigenvalue weighted by molar-refractivity contribution is 0.0770. The first kappa shape index (κ1) is 15.4. The molecule has 0 spiro atoms. The van der Waals surface area contributed by atoms with Gasteiger partial charge >= 0.3 is 0 Å². The van der Waals surface area contributed by atoms with Crippen molar-refractivity contribution in [2.45, 2.75) is 31.3 Å². The van der Waals surface area contributed by atoms with Gasteiger partial charge < -0.3 is 9.64 Å². The topological polar surface area (TPSA) is 55.3 Å². The Labute approximate surface area is 145 Å². The van der Waals surface area contributed by atoms with Gasteiger partial charge in [0, 0.05) is 30.1 Å². The molecule has 24 heavy (non-hydrogen) atoms. The summed E-state index contributed by atoms with van der Waals surface area (Å²) in [5.41, 5.74) is 1.55. The summed E-state index contributed by atoms with van der Waals surface area (Å²) in [7, 11) is 0. The van der Waals surface area contributed by atoms with Gasteiger partial charge in [0.1, 0.15) is 18.2 Å². The van der Waals surface area contributed by atoms with Crippen molar-refractivity contribution >= 4 is 17.5 Å². The molecule has 2 aromatic rings. The Bertz CT molecular complexity index is 746. The number of likely N-dealkylation sites (tertiary alicyclic amines) is 1. The zero-order chi connectivity index (χ0) is 16.5. The number of hydrogen-bond acceptors (Lipinski definition) is 4. The molecular weight excluding hydrogens is 326 g/mol. The minimum Gasteiger partial charge on any atom is -0.489 e. The molecule has 0 bridgehead atoms. The van der Waals surface area contributed by atoms with Gasteiger partial charge in [0.25, 0.3) is 5.91 Å². The van der Waals surface area contributed by atoms with Crippen molar-refractivity contribution in [3.63, 3.8) is 0 Å². The van der Waals surface area contributed by atoms with Gasteiger partial charge in [-0.1, -0.05) is 11.6 Å². The van der Waals surface area contributed by atoms with Crippen molar-refractivity contribution in [2.75, 3.05) is 13.1 Å². The number of nitrogens with zero attached hydrogens (tertiary/aromatic N) is 3. The lowest BCUT2D eigenvalue weighted by Crippen LogP contribution is -2.31. The van der Waals surface area contributed by atoms with E-state index in [1.165, 1.54) is 6.33 Å². The quantitative estimate of drug-likeness (QED) is 0.854. The highest BCUT2D eigenvalue weighted by atomic mass is 35.5. The van der Waals surface area contributed by atoms with Crippen LogP contribution in [-0.2, 0) is 0 Å². The maximum absolute atomic E-state index is 12.8. The van der Waals surface area contributed by atoms with Crippen LogP contribution in [-0.4, -0.2) is 40.0 Å². The Morgan fingerprint density at radius 2 is 2.00 bits per heavy atom. The summed E-state index contributed by atoms with van der Waals surface area (Å²) < 4.78 is 5.95. The Kier molecular flexibility index (Phi) is 4.10. The molecule has 124 valence electrons. The van der Waals surface area contributed by atoms with Crippen molar-refractivity contribution < 1.29 is 9.53 Å². The van der Waals surface area contributed by atoms with E-state index in [1.807, 2.05) is 17.0 Å². The Morgan fingerprint density at radius 3 is 2.75 bits per heavy atom. The fourth-order valence-electron chi connectivity index (χ4n) is 3.07. The lowest BCUT2D eigenvalue weighted by atomic mass is 10.1. The third kappa shape index (κ3) is 3.22. The average Bonchev–Trinajstić information content (AvgIpc) is 3.35. The van der Waals surface area contributed by atoms with Crippen molar-refractivity contribution in [1.29, 1.82) is 0 Å². The molecule has 1 atom stereocenters. The molecule has 1 aliphatic carbocycles. The monoisotopic (exact) mass is 343 g/mol. The predicted molar refractivity (Wildman–Crippen MR) is 90.4 cm³/mol. The minimum absolute atomic E-state index is 0.00383. The van der Waals surface area contributed by atoms with Crippen LogP contribution in [0.4, 0.5) is 0 Å². The third-order valence-corrected chi connectivity index (χ3v) is 4.74. The van der Waals surface area contributed by atoms with Gasteiger partial charge in [-0.2, -0.15) is 0 Å². The van der Waals surface area contributed by atoms with Gasteiger partial charge in [0.2, 0.25) is 0 Å². The molecule has 0 N–H and O–H groups in total. The van der Waals surface area contributed by atoms with E-state index in [4.69, 9.17) is 16.3 Å². The zero-order valence-corrected chi connectivity index (χ0v) is 13.9. The Morgan fingerprint density at radius 1 is 1.21 bits per heavy atom. The first-order chi connectivity index (χ1) is 11.7. The van der Waals surface area contributed by atoms with Gasteiger partial charge in [0.15, 0.2) is 0 Å². The van der Waals surface area contributed by atoms with Crippen LogP contribution in [0.2, 0.25) is 5.02 Å². The molecule has 1 saturated carbocycles. The molecule has 1 amide bonds. The van der Waals surface area contributed by atoms with Gasteiger partial charge in [0.05, 0.1) is 17.8 Å². The number of halogens is 1. The lowest BCUT2D eigenvalue weighted by Gasteiger charge is -2.18. The maximum Gasteiger partial charge on any atom is 0.257 e. The molecule has 1 aliphatic heterocycles. The van der Waals surface area contributed by atoms with E-state index in [9.17, 15) is 4.79 Å². The molecule has 0 radical (unpaired) electrons. The zero-order valence-electron chi connectivity index (χ0n) is 13.2. The predicted octanol–water partition coefficient (Wildman–Crippen LogP) is 3.30. The van der Waals surface area contributed by atoms with Crippen LogP contribution in [0.1, 0.15) is 41.2 Å². The standard InChI is InChI=1S/C18H18ClN3O2/c19-13-3-5-14(6-4-13)24-15-7-8-22(10-15)18(23)16-9-20-11-21-17(16)12-1-2-12/h3-6,9,11-12,15H,1-2,7-8,10H2/t15-/m1/s1. The number of carbonyl (C=O) groups excluding carboxylic acids is 1. The highest BCUT2D eigenvalue weighted by Gasteiger charge is 2.34. The molecule has 2 fully saturated rings. The van der Waals surface area contributed by atoms with Crippen LogP contribution in [0.25, 0.3) is 0 Å².